The molecule has 0 radical (unpaired) electrons. The van der Waals surface area contributed by atoms with E-state index in [0.29, 0.717) is 6.61 Å². The Balaban J connectivity index is 2.32. The zero-order valence-corrected chi connectivity index (χ0v) is 12.7. The fourth-order valence-corrected chi connectivity index (χ4v) is 2.76. The van der Waals surface area contributed by atoms with Crippen LogP contribution in [0.1, 0.15) is 30.5 Å². The molecule has 1 saturated heterocycles. The lowest BCUT2D eigenvalue weighted by atomic mass is 9.99. The van der Waals surface area contributed by atoms with E-state index in [1.54, 1.807) is 13.0 Å². The van der Waals surface area contributed by atoms with Gasteiger partial charge in [-0.25, -0.2) is 9.18 Å². The number of esters is 1. The molecule has 1 aliphatic heterocycles. The van der Waals surface area contributed by atoms with Gasteiger partial charge in [-0.05, 0) is 50.1 Å². The van der Waals surface area contributed by atoms with Gasteiger partial charge in [-0.2, -0.15) is 0 Å². The first-order chi connectivity index (χ1) is 10.1. The molecule has 0 bridgehead atoms. The molecule has 1 unspecified atom stereocenters. The Bertz CT molecular complexity index is 485. The Labute approximate surface area is 125 Å². The van der Waals surface area contributed by atoms with E-state index in [-0.39, 0.29) is 11.8 Å². The first-order valence-corrected chi connectivity index (χ1v) is 7.51. The molecule has 5 heteroatoms. The summed E-state index contributed by atoms with van der Waals surface area (Å²) in [7, 11) is 0. The second-order valence-electron chi connectivity index (χ2n) is 5.30. The van der Waals surface area contributed by atoms with Gasteiger partial charge in [-0.1, -0.05) is 6.07 Å². The zero-order chi connectivity index (χ0) is 15.2. The number of nitrogens with one attached hydrogen (secondary N) is 1. The Morgan fingerprint density at radius 3 is 2.95 bits per heavy atom. The highest BCUT2D eigenvalue weighted by Gasteiger charge is 2.30. The predicted octanol–water partition coefficient (Wildman–Crippen LogP) is 2.03. The van der Waals surface area contributed by atoms with Crippen LogP contribution in [0.3, 0.4) is 0 Å². The highest BCUT2D eigenvalue weighted by Crippen LogP contribution is 2.26. The number of carbonyl (C=O) groups excluding carboxylic acids is 1. The van der Waals surface area contributed by atoms with Crippen LogP contribution in [0.5, 0.6) is 0 Å². The second-order valence-corrected chi connectivity index (χ2v) is 5.30. The van der Waals surface area contributed by atoms with Crippen molar-refractivity contribution in [2.45, 2.75) is 26.3 Å². The molecule has 0 amide bonds. The summed E-state index contributed by atoms with van der Waals surface area (Å²) in [6.45, 7) is 7.39. The molecule has 4 nitrogen and oxygen atoms in total. The summed E-state index contributed by atoms with van der Waals surface area (Å²) < 4.78 is 18.6. The summed E-state index contributed by atoms with van der Waals surface area (Å²) in [5.74, 6) is -0.537. The van der Waals surface area contributed by atoms with Crippen LogP contribution in [0.4, 0.5) is 4.39 Å². The van der Waals surface area contributed by atoms with Crippen LogP contribution in [0.15, 0.2) is 18.2 Å². The lowest BCUT2D eigenvalue weighted by Gasteiger charge is -2.29. The average molecular weight is 294 g/mol. The molecule has 1 fully saturated rings. The van der Waals surface area contributed by atoms with Crippen molar-refractivity contribution in [3.8, 4) is 0 Å². The summed E-state index contributed by atoms with van der Waals surface area (Å²) in [5, 5.41) is 3.32. The zero-order valence-electron chi connectivity index (χ0n) is 12.7. The minimum Gasteiger partial charge on any atom is -0.465 e. The van der Waals surface area contributed by atoms with Crippen LogP contribution < -0.4 is 5.32 Å². The molecule has 1 aliphatic rings. The van der Waals surface area contributed by atoms with Gasteiger partial charge in [0.2, 0.25) is 0 Å². The van der Waals surface area contributed by atoms with E-state index >= 15 is 0 Å². The molecule has 1 N–H and O–H groups in total. The largest absolute Gasteiger partial charge is 0.465 e. The maximum absolute atomic E-state index is 13.3. The van der Waals surface area contributed by atoms with Crippen LogP contribution >= 0.6 is 0 Å². The highest BCUT2D eigenvalue weighted by atomic mass is 19.1. The van der Waals surface area contributed by atoms with Gasteiger partial charge in [-0.15, -0.1) is 0 Å². The minimum absolute atomic E-state index is 0.255. The smallest absolute Gasteiger partial charge is 0.328 e. The first-order valence-electron chi connectivity index (χ1n) is 7.51. The number of aryl methyl sites for hydroxylation is 1. The van der Waals surface area contributed by atoms with E-state index in [2.05, 4.69) is 10.2 Å². The minimum atomic E-state index is -0.453. The van der Waals surface area contributed by atoms with Crippen LogP contribution in [0.2, 0.25) is 0 Å². The van der Waals surface area contributed by atoms with Crippen molar-refractivity contribution in [2.24, 2.45) is 0 Å². The molecule has 1 atom stereocenters. The molecule has 2 rings (SSSR count). The van der Waals surface area contributed by atoms with E-state index < -0.39 is 6.04 Å². The predicted molar refractivity (Wildman–Crippen MR) is 79.6 cm³/mol. The summed E-state index contributed by atoms with van der Waals surface area (Å²) in [4.78, 5) is 14.5. The van der Waals surface area contributed by atoms with Gasteiger partial charge >= 0.3 is 5.97 Å². The molecule has 0 spiro atoms. The lowest BCUT2D eigenvalue weighted by Crippen LogP contribution is -2.38. The van der Waals surface area contributed by atoms with Gasteiger partial charge in [0.05, 0.1) is 6.61 Å². The third kappa shape index (κ3) is 4.02. The number of carbonyl (C=O) groups is 1. The van der Waals surface area contributed by atoms with E-state index in [0.717, 1.165) is 43.7 Å². The maximum Gasteiger partial charge on any atom is 0.328 e. The SMILES string of the molecule is CCOC(=O)C(c1ccc(F)cc1C)N1CCCNCC1. The quantitative estimate of drug-likeness (QED) is 0.863. The van der Waals surface area contributed by atoms with Gasteiger partial charge in [0, 0.05) is 19.6 Å². The van der Waals surface area contributed by atoms with Gasteiger partial charge < -0.3 is 10.1 Å². The van der Waals surface area contributed by atoms with Crippen molar-refractivity contribution in [2.75, 3.05) is 32.8 Å². The average Bonchev–Trinajstić information content (AvgIpc) is 2.71. The summed E-state index contributed by atoms with van der Waals surface area (Å²) in [5.41, 5.74) is 1.61. The summed E-state index contributed by atoms with van der Waals surface area (Å²) in [6.07, 6.45) is 0.982. The van der Waals surface area contributed by atoms with Gasteiger partial charge in [0.15, 0.2) is 0 Å². The monoisotopic (exact) mass is 294 g/mol. The van der Waals surface area contributed by atoms with Crippen LogP contribution in [0.25, 0.3) is 0 Å². The first kappa shape index (κ1) is 15.9. The molecule has 116 valence electrons. The molecule has 1 heterocycles. The van der Waals surface area contributed by atoms with Crippen molar-refractivity contribution in [3.05, 3.63) is 35.1 Å². The summed E-state index contributed by atoms with van der Waals surface area (Å²) in [6, 6.07) is 4.12. The number of hydrogen-bond acceptors (Lipinski definition) is 4. The third-order valence-corrected chi connectivity index (χ3v) is 3.78. The fourth-order valence-electron chi connectivity index (χ4n) is 2.76. The topological polar surface area (TPSA) is 41.6 Å². The molecular weight excluding hydrogens is 271 g/mol. The van der Waals surface area contributed by atoms with Crippen LogP contribution in [0, 0.1) is 12.7 Å². The molecule has 21 heavy (non-hydrogen) atoms. The van der Waals surface area contributed by atoms with Crippen LogP contribution in [-0.2, 0) is 9.53 Å². The van der Waals surface area contributed by atoms with E-state index in [4.69, 9.17) is 4.74 Å². The van der Waals surface area contributed by atoms with Crippen molar-refractivity contribution in [1.29, 1.82) is 0 Å². The molecule has 0 aliphatic carbocycles. The standard InChI is InChI=1S/C16H23FN2O2/c1-3-21-16(20)15(19-9-4-7-18-8-10-19)14-6-5-13(17)11-12(14)2/h5-6,11,15,18H,3-4,7-10H2,1-2H3. The van der Waals surface area contributed by atoms with E-state index in [1.165, 1.54) is 12.1 Å². The number of halogens is 1. The maximum atomic E-state index is 13.3. The normalized spacial score (nSPS) is 18.0. The molecule has 1 aromatic carbocycles. The van der Waals surface area contributed by atoms with Gasteiger partial charge in [-0.3, -0.25) is 4.90 Å². The number of rotatable bonds is 4. The molecule has 0 aromatic heterocycles. The second kappa shape index (κ2) is 7.52. The third-order valence-electron chi connectivity index (χ3n) is 3.78. The van der Waals surface area contributed by atoms with Gasteiger partial charge in [0.25, 0.3) is 0 Å². The van der Waals surface area contributed by atoms with Crippen molar-refractivity contribution < 1.29 is 13.9 Å². The fraction of sp³-hybridized carbons (Fsp3) is 0.562. The van der Waals surface area contributed by atoms with E-state index in [9.17, 15) is 9.18 Å². The number of nitrogens with zero attached hydrogens (tertiary/aromatic N) is 1. The van der Waals surface area contributed by atoms with Crippen molar-refractivity contribution >= 4 is 5.97 Å². The highest BCUT2D eigenvalue weighted by molar-refractivity contribution is 5.78. The number of benzene rings is 1. The number of hydrogen-bond donors (Lipinski definition) is 1. The Hall–Kier alpha value is -1.46. The van der Waals surface area contributed by atoms with Crippen molar-refractivity contribution in [1.82, 2.24) is 10.2 Å². The van der Waals surface area contributed by atoms with E-state index in [1.807, 2.05) is 6.92 Å². The molecule has 1 aromatic rings. The van der Waals surface area contributed by atoms with Crippen molar-refractivity contribution in [3.63, 3.8) is 0 Å². The van der Waals surface area contributed by atoms with Crippen LogP contribution in [-0.4, -0.2) is 43.7 Å². The Kier molecular flexibility index (Phi) is 5.70. The molecular formula is C16H23FN2O2. The van der Waals surface area contributed by atoms with Gasteiger partial charge in [0.1, 0.15) is 11.9 Å². The Morgan fingerprint density at radius 2 is 2.24 bits per heavy atom. The number of ether oxygens (including phenoxy) is 1. The Morgan fingerprint density at radius 1 is 1.43 bits per heavy atom. The lowest BCUT2D eigenvalue weighted by molar-refractivity contribution is -0.149. The molecule has 0 saturated carbocycles. The summed E-state index contributed by atoms with van der Waals surface area (Å²) >= 11 is 0.